The van der Waals surface area contributed by atoms with Gasteiger partial charge in [0.05, 0.1) is 21.3 Å². The molecule has 28 heavy (non-hydrogen) atoms. The number of methoxy groups -OCH3 is 3. The largest absolute Gasteiger partial charge is 0.497 e. The number of esters is 1. The van der Waals surface area contributed by atoms with Crippen LogP contribution in [0.4, 0.5) is 0 Å². The summed E-state index contributed by atoms with van der Waals surface area (Å²) in [5.41, 5.74) is 1.18. The van der Waals surface area contributed by atoms with Gasteiger partial charge in [-0.1, -0.05) is 45.9 Å². The monoisotopic (exact) mass is 408 g/mol. The van der Waals surface area contributed by atoms with Crippen molar-refractivity contribution in [3.8, 4) is 11.5 Å². The molecule has 0 aliphatic heterocycles. The van der Waals surface area contributed by atoms with Crippen molar-refractivity contribution >= 4 is 17.7 Å². The molecule has 0 heterocycles. The molecule has 2 aromatic rings. The first-order valence-corrected chi connectivity index (χ1v) is 10.6. The Labute approximate surface area is 175 Å². The van der Waals surface area contributed by atoms with Crippen LogP contribution in [0.15, 0.2) is 53.4 Å². The van der Waals surface area contributed by atoms with Gasteiger partial charge >= 0.3 is 5.97 Å². The van der Waals surface area contributed by atoms with E-state index in [1.165, 1.54) is 17.6 Å². The molecule has 0 aliphatic rings. The lowest BCUT2D eigenvalue weighted by molar-refractivity contribution is -0.140. The van der Waals surface area contributed by atoms with E-state index in [1.54, 1.807) is 32.9 Å². The normalized spacial score (nSPS) is 8.57. The molecule has 158 valence electrons. The molecule has 0 radical (unpaired) electrons. The Morgan fingerprint density at radius 1 is 0.929 bits per heavy atom. The number of benzene rings is 2. The zero-order valence-electron chi connectivity index (χ0n) is 18.6. The molecule has 0 bridgehead atoms. The second kappa shape index (κ2) is 19.6. The van der Waals surface area contributed by atoms with Gasteiger partial charge in [-0.25, -0.2) is 0 Å². The standard InChI is InChI=1S/C10H14O2.C7H8S.C4H8O2.C2H6/c1-4-8-7-9(11-2)5-6-10(8)12-3;1-8-7-5-3-2-4-6-7;1-3-4(5)6-2;1-2/h5-7H,4H2,1-3H3;2-6H,1H3;3H2,1-2H3;1-2H3. The average molecular weight is 409 g/mol. The summed E-state index contributed by atoms with van der Waals surface area (Å²) in [5, 5.41) is 0. The van der Waals surface area contributed by atoms with Crippen molar-refractivity contribution in [2.24, 2.45) is 0 Å². The summed E-state index contributed by atoms with van der Waals surface area (Å²) in [6, 6.07) is 16.2. The molecule has 0 saturated carbocycles. The Morgan fingerprint density at radius 3 is 1.86 bits per heavy atom. The topological polar surface area (TPSA) is 44.8 Å². The van der Waals surface area contributed by atoms with Crippen molar-refractivity contribution in [1.82, 2.24) is 0 Å². The minimum absolute atomic E-state index is 0.157. The molecular weight excluding hydrogens is 372 g/mol. The third-order valence-electron chi connectivity index (χ3n) is 3.36. The first-order valence-electron chi connectivity index (χ1n) is 9.42. The lowest BCUT2D eigenvalue weighted by Crippen LogP contribution is -1.94. The van der Waals surface area contributed by atoms with Crippen molar-refractivity contribution in [1.29, 1.82) is 0 Å². The quantitative estimate of drug-likeness (QED) is 0.431. The summed E-state index contributed by atoms with van der Waals surface area (Å²) in [6.07, 6.45) is 3.51. The van der Waals surface area contributed by atoms with Gasteiger partial charge in [0.1, 0.15) is 11.5 Å². The Morgan fingerprint density at radius 2 is 1.54 bits per heavy atom. The molecule has 0 N–H and O–H groups in total. The van der Waals surface area contributed by atoms with Crippen LogP contribution in [0.25, 0.3) is 0 Å². The van der Waals surface area contributed by atoms with E-state index < -0.39 is 0 Å². The lowest BCUT2D eigenvalue weighted by atomic mass is 10.1. The first-order chi connectivity index (χ1) is 13.6. The van der Waals surface area contributed by atoms with Crippen LogP contribution in [0.5, 0.6) is 11.5 Å². The number of aryl methyl sites for hydroxylation is 1. The van der Waals surface area contributed by atoms with E-state index in [9.17, 15) is 4.79 Å². The van der Waals surface area contributed by atoms with Gasteiger partial charge < -0.3 is 14.2 Å². The fourth-order valence-electron chi connectivity index (χ4n) is 1.86. The summed E-state index contributed by atoms with van der Waals surface area (Å²) in [5.74, 6) is 1.65. The molecule has 0 aromatic heterocycles. The molecule has 0 spiro atoms. The predicted octanol–water partition coefficient (Wildman–Crippen LogP) is 6.27. The van der Waals surface area contributed by atoms with Crippen molar-refractivity contribution in [2.45, 2.75) is 45.4 Å². The van der Waals surface area contributed by atoms with Crippen molar-refractivity contribution < 1.29 is 19.0 Å². The summed E-state index contributed by atoms with van der Waals surface area (Å²) in [4.78, 5) is 11.3. The Hall–Kier alpha value is -2.14. The predicted molar refractivity (Wildman–Crippen MR) is 121 cm³/mol. The van der Waals surface area contributed by atoms with Crippen LogP contribution in [-0.2, 0) is 16.0 Å². The number of rotatable bonds is 5. The minimum Gasteiger partial charge on any atom is -0.497 e. The van der Waals surface area contributed by atoms with E-state index in [2.05, 4.69) is 30.0 Å². The van der Waals surface area contributed by atoms with Gasteiger partial charge in [-0.05, 0) is 48.6 Å². The van der Waals surface area contributed by atoms with E-state index >= 15 is 0 Å². The maximum Gasteiger partial charge on any atom is 0.305 e. The number of carbonyl (C=O) groups excluding carboxylic acids is 1. The van der Waals surface area contributed by atoms with Gasteiger partial charge in [-0.3, -0.25) is 4.79 Å². The maximum atomic E-state index is 9.96. The Bertz CT molecular complexity index is 609. The van der Waals surface area contributed by atoms with E-state index in [0.29, 0.717) is 6.42 Å². The van der Waals surface area contributed by atoms with Crippen molar-refractivity contribution in [2.75, 3.05) is 27.6 Å². The highest BCUT2D eigenvalue weighted by Crippen LogP contribution is 2.23. The van der Waals surface area contributed by atoms with Gasteiger partial charge in [-0.2, -0.15) is 0 Å². The maximum absolute atomic E-state index is 9.96. The molecule has 0 aliphatic carbocycles. The molecule has 0 unspecified atom stereocenters. The van der Waals surface area contributed by atoms with E-state index in [1.807, 2.05) is 50.2 Å². The van der Waals surface area contributed by atoms with Gasteiger partial charge in [0.25, 0.3) is 0 Å². The fourth-order valence-corrected chi connectivity index (χ4v) is 2.29. The van der Waals surface area contributed by atoms with Crippen LogP contribution < -0.4 is 9.47 Å². The number of hydrogen-bond donors (Lipinski definition) is 0. The second-order valence-corrected chi connectivity index (χ2v) is 5.86. The average Bonchev–Trinajstić information content (AvgIpc) is 2.80. The summed E-state index contributed by atoms with van der Waals surface area (Å²) in [7, 11) is 4.73. The van der Waals surface area contributed by atoms with E-state index in [0.717, 1.165) is 17.9 Å². The molecular formula is C23H36O4S. The third-order valence-corrected chi connectivity index (χ3v) is 4.11. The highest BCUT2D eigenvalue weighted by molar-refractivity contribution is 7.98. The van der Waals surface area contributed by atoms with Crippen molar-refractivity contribution in [3.63, 3.8) is 0 Å². The van der Waals surface area contributed by atoms with Gasteiger partial charge in [-0.15, -0.1) is 11.8 Å². The summed E-state index contributed by atoms with van der Waals surface area (Å²) < 4.78 is 14.5. The zero-order valence-corrected chi connectivity index (χ0v) is 19.4. The lowest BCUT2D eigenvalue weighted by Gasteiger charge is -2.07. The fraction of sp³-hybridized carbons (Fsp3) is 0.435. The van der Waals surface area contributed by atoms with Crippen LogP contribution in [0.1, 0.15) is 39.7 Å². The van der Waals surface area contributed by atoms with E-state index in [4.69, 9.17) is 9.47 Å². The number of hydrogen-bond acceptors (Lipinski definition) is 5. The van der Waals surface area contributed by atoms with Crippen LogP contribution >= 0.6 is 11.8 Å². The Balaban J connectivity index is 0. The van der Waals surface area contributed by atoms with Crippen LogP contribution in [0.2, 0.25) is 0 Å². The van der Waals surface area contributed by atoms with Crippen LogP contribution in [-0.4, -0.2) is 33.6 Å². The second-order valence-electron chi connectivity index (χ2n) is 4.98. The number of carbonyl (C=O) groups is 1. The molecule has 5 heteroatoms. The first kappa shape index (κ1) is 28.1. The van der Waals surface area contributed by atoms with Crippen molar-refractivity contribution in [3.05, 3.63) is 54.1 Å². The molecule has 4 nitrogen and oxygen atoms in total. The summed E-state index contributed by atoms with van der Waals surface area (Å²) in [6.45, 7) is 7.85. The van der Waals surface area contributed by atoms with Gasteiger partial charge in [0, 0.05) is 11.3 Å². The molecule has 2 aromatic carbocycles. The Kier molecular flexibility index (Phi) is 19.7. The number of thioether (sulfide) groups is 1. The van der Waals surface area contributed by atoms with E-state index in [-0.39, 0.29) is 5.97 Å². The smallest absolute Gasteiger partial charge is 0.305 e. The molecule has 0 amide bonds. The molecule has 0 saturated heterocycles. The van der Waals surface area contributed by atoms with Gasteiger partial charge in [0.2, 0.25) is 0 Å². The van der Waals surface area contributed by atoms with Gasteiger partial charge in [0.15, 0.2) is 0 Å². The third kappa shape index (κ3) is 13.1. The highest BCUT2D eigenvalue weighted by atomic mass is 32.2. The summed E-state index contributed by atoms with van der Waals surface area (Å²) >= 11 is 1.77. The van der Waals surface area contributed by atoms with Crippen LogP contribution in [0, 0.1) is 0 Å². The molecule has 2 rings (SSSR count). The molecule has 0 atom stereocenters. The van der Waals surface area contributed by atoms with Crippen LogP contribution in [0.3, 0.4) is 0 Å². The highest BCUT2D eigenvalue weighted by Gasteiger charge is 2.01. The number of ether oxygens (including phenoxy) is 3. The SMILES string of the molecule is CC.CCC(=O)OC.CCc1cc(OC)ccc1OC.CSc1ccccc1. The zero-order chi connectivity index (χ0) is 21.8. The minimum atomic E-state index is -0.157. The molecule has 0 fully saturated rings.